The summed E-state index contributed by atoms with van der Waals surface area (Å²) in [6, 6.07) is 17.1. The maximum Gasteiger partial charge on any atom is 0.300 e. The van der Waals surface area contributed by atoms with E-state index in [1.54, 1.807) is 0 Å². The molecule has 0 amide bonds. The van der Waals surface area contributed by atoms with Crippen LogP contribution in [0.5, 0.6) is 0 Å². The summed E-state index contributed by atoms with van der Waals surface area (Å²) in [6.45, 7) is 4.50. The molecule has 4 rings (SSSR count). The van der Waals surface area contributed by atoms with Crippen molar-refractivity contribution in [2.45, 2.75) is 32.7 Å². The lowest BCUT2D eigenvalue weighted by Crippen LogP contribution is -2.19. The van der Waals surface area contributed by atoms with E-state index in [0.717, 1.165) is 29.6 Å². The maximum absolute atomic E-state index is 5.75. The second-order valence-corrected chi connectivity index (χ2v) is 6.77. The molecule has 0 aliphatic rings. The second-order valence-electron chi connectivity index (χ2n) is 6.77. The lowest BCUT2D eigenvalue weighted by molar-refractivity contribution is 0.355. The summed E-state index contributed by atoms with van der Waals surface area (Å²) < 4.78 is 7.96. The van der Waals surface area contributed by atoms with E-state index < -0.39 is 0 Å². The largest absolute Gasteiger partial charge is 0.423 e. The van der Waals surface area contributed by atoms with Gasteiger partial charge in [-0.2, -0.15) is 4.98 Å². The fourth-order valence-corrected chi connectivity index (χ4v) is 3.67. The van der Waals surface area contributed by atoms with E-state index in [1.165, 1.54) is 5.56 Å². The monoisotopic (exact) mass is 360 g/mol. The minimum atomic E-state index is 0.292. The van der Waals surface area contributed by atoms with Crippen molar-refractivity contribution in [1.82, 2.24) is 14.5 Å². The fraction of sp³-hybridized carbons (Fsp3) is 0.273. The van der Waals surface area contributed by atoms with Crippen molar-refractivity contribution in [2.75, 3.05) is 5.32 Å². The van der Waals surface area contributed by atoms with Gasteiger partial charge in [0.25, 0.3) is 6.01 Å². The minimum Gasteiger partial charge on any atom is -0.423 e. The lowest BCUT2D eigenvalue weighted by atomic mass is 9.88. The van der Waals surface area contributed by atoms with E-state index in [1.807, 2.05) is 43.0 Å². The summed E-state index contributed by atoms with van der Waals surface area (Å²) in [4.78, 5) is 8.71. The quantitative estimate of drug-likeness (QED) is 0.453. The molecule has 1 unspecified atom stereocenters. The molecule has 0 radical (unpaired) electrons. The lowest BCUT2D eigenvalue weighted by Gasteiger charge is -2.27. The van der Waals surface area contributed by atoms with E-state index in [9.17, 15) is 0 Å². The van der Waals surface area contributed by atoms with Crippen molar-refractivity contribution < 1.29 is 4.42 Å². The van der Waals surface area contributed by atoms with E-state index in [0.29, 0.717) is 18.0 Å². The zero-order valence-electron chi connectivity index (χ0n) is 15.7. The van der Waals surface area contributed by atoms with Crippen LogP contribution in [0.3, 0.4) is 0 Å². The number of nitrogens with one attached hydrogen (secondary N) is 1. The predicted molar refractivity (Wildman–Crippen MR) is 108 cm³/mol. The van der Waals surface area contributed by atoms with Crippen molar-refractivity contribution >= 4 is 22.8 Å². The molecule has 27 heavy (non-hydrogen) atoms. The van der Waals surface area contributed by atoms with Crippen LogP contribution in [-0.4, -0.2) is 14.5 Å². The van der Waals surface area contributed by atoms with Gasteiger partial charge in [-0.15, -0.1) is 0 Å². The molecule has 1 atom stereocenters. The van der Waals surface area contributed by atoms with Gasteiger partial charge >= 0.3 is 0 Å². The average Bonchev–Trinajstić information content (AvgIpc) is 3.36. The number of nitrogens with zero attached hydrogens (tertiary/aromatic N) is 3. The molecule has 1 N–H and O–H groups in total. The number of rotatable bonds is 7. The van der Waals surface area contributed by atoms with E-state index in [2.05, 4.69) is 58.0 Å². The average molecular weight is 360 g/mol. The van der Waals surface area contributed by atoms with Crippen LogP contribution in [0, 0.1) is 5.92 Å². The van der Waals surface area contributed by atoms with Crippen LogP contribution in [-0.2, 0) is 0 Å². The molecule has 0 spiro atoms. The summed E-state index contributed by atoms with van der Waals surface area (Å²) in [7, 11) is 0. The Morgan fingerprint density at radius 1 is 1.04 bits per heavy atom. The van der Waals surface area contributed by atoms with Crippen LogP contribution in [0.1, 0.15) is 38.3 Å². The summed E-state index contributed by atoms with van der Waals surface area (Å²) in [6.07, 6.45) is 8.06. The number of hydrogen-bond acceptors (Lipinski definition) is 4. The van der Waals surface area contributed by atoms with Gasteiger partial charge < -0.3 is 14.3 Å². The van der Waals surface area contributed by atoms with Gasteiger partial charge in [-0.05, 0) is 35.7 Å². The van der Waals surface area contributed by atoms with Crippen LogP contribution in [0.2, 0.25) is 0 Å². The Labute approximate surface area is 159 Å². The molecule has 4 aromatic rings. The van der Waals surface area contributed by atoms with Crippen LogP contribution in [0.15, 0.2) is 71.7 Å². The summed E-state index contributed by atoms with van der Waals surface area (Å²) in [5, 5.41) is 3.25. The van der Waals surface area contributed by atoms with E-state index >= 15 is 0 Å². The molecule has 0 aliphatic heterocycles. The topological polar surface area (TPSA) is 55.9 Å². The van der Waals surface area contributed by atoms with Gasteiger partial charge in [0.2, 0.25) is 0 Å². The number of anilines is 2. The smallest absolute Gasteiger partial charge is 0.300 e. The Bertz CT molecular complexity index is 952. The summed E-state index contributed by atoms with van der Waals surface area (Å²) in [5.41, 5.74) is 3.88. The van der Waals surface area contributed by atoms with Crippen LogP contribution < -0.4 is 5.32 Å². The van der Waals surface area contributed by atoms with Crippen LogP contribution >= 0.6 is 0 Å². The Kier molecular flexibility index (Phi) is 4.92. The van der Waals surface area contributed by atoms with Gasteiger partial charge in [0.05, 0.1) is 12.4 Å². The number of benzene rings is 2. The SMILES string of the molecule is CCC(CC)C(c1ccc(Nc2nc3ccccc3o2)cc1)n1ccnc1. The van der Waals surface area contributed by atoms with E-state index in [-0.39, 0.29) is 0 Å². The predicted octanol–water partition coefficient (Wildman–Crippen LogP) is 5.79. The van der Waals surface area contributed by atoms with Gasteiger partial charge in [0, 0.05) is 18.1 Å². The second kappa shape index (κ2) is 7.66. The van der Waals surface area contributed by atoms with Crippen molar-refractivity contribution in [3.8, 4) is 0 Å². The highest BCUT2D eigenvalue weighted by atomic mass is 16.4. The van der Waals surface area contributed by atoms with Gasteiger partial charge in [-0.25, -0.2) is 4.98 Å². The van der Waals surface area contributed by atoms with Gasteiger partial charge in [-0.1, -0.05) is 51.0 Å². The molecule has 0 aliphatic carbocycles. The van der Waals surface area contributed by atoms with Gasteiger partial charge in [0.1, 0.15) is 5.52 Å². The number of fused-ring (bicyclic) bond motifs is 1. The highest BCUT2D eigenvalue weighted by Crippen LogP contribution is 2.32. The van der Waals surface area contributed by atoms with Crippen molar-refractivity contribution in [1.29, 1.82) is 0 Å². The Balaban J connectivity index is 1.58. The third kappa shape index (κ3) is 3.58. The molecule has 2 aromatic carbocycles. The van der Waals surface area contributed by atoms with Crippen molar-refractivity contribution in [3.63, 3.8) is 0 Å². The van der Waals surface area contributed by atoms with Crippen LogP contribution in [0.25, 0.3) is 11.1 Å². The number of para-hydroxylation sites is 2. The molecule has 5 nitrogen and oxygen atoms in total. The summed E-state index contributed by atoms with van der Waals surface area (Å²) >= 11 is 0. The Morgan fingerprint density at radius 3 is 2.48 bits per heavy atom. The zero-order valence-corrected chi connectivity index (χ0v) is 15.7. The number of hydrogen-bond donors (Lipinski definition) is 1. The first-order chi connectivity index (χ1) is 13.3. The first-order valence-corrected chi connectivity index (χ1v) is 9.48. The minimum absolute atomic E-state index is 0.292. The molecule has 138 valence electrons. The Morgan fingerprint density at radius 2 is 1.81 bits per heavy atom. The fourth-order valence-electron chi connectivity index (χ4n) is 3.67. The normalized spacial score (nSPS) is 12.6. The number of imidazole rings is 1. The van der Waals surface area contributed by atoms with Crippen molar-refractivity contribution in [2.24, 2.45) is 5.92 Å². The highest BCUT2D eigenvalue weighted by molar-refractivity contribution is 5.75. The molecule has 2 heterocycles. The summed E-state index contributed by atoms with van der Waals surface area (Å²) in [5.74, 6) is 0.565. The molecule has 5 heteroatoms. The maximum atomic E-state index is 5.75. The van der Waals surface area contributed by atoms with Crippen molar-refractivity contribution in [3.05, 3.63) is 72.8 Å². The standard InChI is InChI=1S/C22H24N4O/c1-3-16(4-2)21(26-14-13-23-15-26)17-9-11-18(12-10-17)24-22-25-19-7-5-6-8-20(19)27-22/h5-16,21H,3-4H2,1-2H3,(H,24,25). The molecule has 0 fully saturated rings. The first kappa shape index (κ1) is 17.3. The molecule has 0 saturated carbocycles. The first-order valence-electron chi connectivity index (χ1n) is 9.48. The number of aromatic nitrogens is 3. The van der Waals surface area contributed by atoms with Gasteiger partial charge in [-0.3, -0.25) is 0 Å². The van der Waals surface area contributed by atoms with Gasteiger partial charge in [0.15, 0.2) is 5.58 Å². The van der Waals surface area contributed by atoms with Crippen LogP contribution in [0.4, 0.5) is 11.7 Å². The third-order valence-corrected chi connectivity index (χ3v) is 5.14. The highest BCUT2D eigenvalue weighted by Gasteiger charge is 2.22. The Hall–Kier alpha value is -3.08. The molecule has 0 saturated heterocycles. The molecule has 2 aromatic heterocycles. The molecular formula is C22H24N4O. The number of oxazole rings is 1. The van der Waals surface area contributed by atoms with E-state index in [4.69, 9.17) is 4.42 Å². The third-order valence-electron chi connectivity index (χ3n) is 5.14. The molecular weight excluding hydrogens is 336 g/mol. The molecule has 0 bridgehead atoms. The zero-order chi connectivity index (χ0) is 18.6.